The molecule has 0 aliphatic heterocycles. The summed E-state index contributed by atoms with van der Waals surface area (Å²) in [7, 11) is 0. The first kappa shape index (κ1) is 13.1. The zero-order valence-electron chi connectivity index (χ0n) is 10.1. The van der Waals surface area contributed by atoms with Gasteiger partial charge in [0.05, 0.1) is 5.69 Å². The molecule has 0 atom stereocenters. The van der Waals surface area contributed by atoms with Crippen LogP contribution in [0, 0.1) is 5.82 Å². The Morgan fingerprint density at radius 1 is 1.35 bits per heavy atom. The zero-order chi connectivity index (χ0) is 14.1. The number of nitrogen functional groups attached to an aromatic ring is 1. The molecule has 2 heterocycles. The van der Waals surface area contributed by atoms with Gasteiger partial charge in [0.1, 0.15) is 11.3 Å². The monoisotopic (exact) mass is 308 g/mol. The fourth-order valence-electron chi connectivity index (χ4n) is 1.70. The molecule has 3 rings (SSSR count). The topological polar surface area (TPSA) is 73.3 Å². The molecule has 0 fully saturated rings. The summed E-state index contributed by atoms with van der Waals surface area (Å²) in [5, 5.41) is 3.89. The molecule has 0 unspecified atom stereocenters. The van der Waals surface area contributed by atoms with Gasteiger partial charge in [-0.2, -0.15) is 9.61 Å². The number of hydrogen-bond donors (Lipinski definition) is 1. The van der Waals surface area contributed by atoms with Crippen LogP contribution in [-0.2, 0) is 5.75 Å². The molecule has 0 spiro atoms. The second-order valence-electron chi connectivity index (χ2n) is 4.03. The minimum atomic E-state index is -0.376. The van der Waals surface area contributed by atoms with Gasteiger partial charge in [0.15, 0.2) is 0 Å². The Bertz CT molecular complexity index is 809. The van der Waals surface area contributed by atoms with Crippen LogP contribution in [-0.4, -0.2) is 14.6 Å². The Morgan fingerprint density at radius 3 is 3.00 bits per heavy atom. The van der Waals surface area contributed by atoms with E-state index in [0.29, 0.717) is 27.0 Å². The molecular formula is C12H9FN4OS2. The van der Waals surface area contributed by atoms with E-state index in [2.05, 4.69) is 10.1 Å². The van der Waals surface area contributed by atoms with Gasteiger partial charge >= 0.3 is 0 Å². The molecule has 2 N–H and O–H groups in total. The lowest BCUT2D eigenvalue weighted by atomic mass is 10.3. The highest BCUT2D eigenvalue weighted by molar-refractivity contribution is 7.98. The summed E-state index contributed by atoms with van der Waals surface area (Å²) in [4.78, 5) is 17.3. The first-order chi connectivity index (χ1) is 9.61. The van der Waals surface area contributed by atoms with Crippen LogP contribution >= 0.6 is 23.1 Å². The van der Waals surface area contributed by atoms with E-state index in [1.54, 1.807) is 11.6 Å². The predicted molar refractivity (Wildman–Crippen MR) is 77.5 cm³/mol. The first-order valence-corrected chi connectivity index (χ1v) is 7.50. The lowest BCUT2D eigenvalue weighted by molar-refractivity contribution is 0.625. The average Bonchev–Trinajstić information content (AvgIpc) is 2.84. The Kier molecular flexibility index (Phi) is 3.41. The molecule has 8 heteroatoms. The number of nitrogens with two attached hydrogens (primary N) is 1. The Morgan fingerprint density at radius 2 is 2.20 bits per heavy atom. The molecule has 0 bridgehead atoms. The maximum Gasteiger partial charge on any atom is 0.275 e. The third kappa shape index (κ3) is 2.66. The number of rotatable bonds is 3. The molecule has 0 amide bonds. The van der Waals surface area contributed by atoms with Crippen molar-refractivity contribution in [2.75, 3.05) is 5.73 Å². The molecular weight excluding hydrogens is 299 g/mol. The maximum atomic E-state index is 13.2. The van der Waals surface area contributed by atoms with E-state index in [9.17, 15) is 9.18 Å². The van der Waals surface area contributed by atoms with Gasteiger partial charge < -0.3 is 5.73 Å². The van der Waals surface area contributed by atoms with Gasteiger partial charge in [0, 0.05) is 22.4 Å². The van der Waals surface area contributed by atoms with E-state index >= 15 is 0 Å². The second-order valence-corrected chi connectivity index (χ2v) is 5.89. The highest BCUT2D eigenvalue weighted by atomic mass is 32.2. The van der Waals surface area contributed by atoms with Crippen molar-refractivity contribution in [2.24, 2.45) is 0 Å². The van der Waals surface area contributed by atoms with Gasteiger partial charge in [0.25, 0.3) is 5.56 Å². The second kappa shape index (κ2) is 5.22. The van der Waals surface area contributed by atoms with Crippen LogP contribution in [0.3, 0.4) is 0 Å². The molecule has 0 saturated carbocycles. The highest BCUT2D eigenvalue weighted by Gasteiger charge is 2.06. The number of anilines is 1. The number of aromatic nitrogens is 3. The number of halogens is 1. The van der Waals surface area contributed by atoms with Crippen LogP contribution in [0.5, 0.6) is 0 Å². The molecule has 20 heavy (non-hydrogen) atoms. The number of nitrogens with zero attached hydrogens (tertiary/aromatic N) is 3. The summed E-state index contributed by atoms with van der Waals surface area (Å²) in [5.41, 5.74) is 7.94. The van der Waals surface area contributed by atoms with Gasteiger partial charge in [-0.15, -0.1) is 11.8 Å². The summed E-state index contributed by atoms with van der Waals surface area (Å²) in [5.74, 6) is 0.0884. The first-order valence-electron chi connectivity index (χ1n) is 5.63. The van der Waals surface area contributed by atoms with Crippen molar-refractivity contribution in [1.29, 1.82) is 0 Å². The van der Waals surface area contributed by atoms with E-state index < -0.39 is 0 Å². The van der Waals surface area contributed by atoms with Crippen molar-refractivity contribution < 1.29 is 4.39 Å². The number of fused-ring (bicyclic) bond motifs is 1. The Balaban J connectivity index is 1.84. The van der Waals surface area contributed by atoms with Crippen LogP contribution in [0.2, 0.25) is 0 Å². The number of benzene rings is 1. The fraction of sp³-hybridized carbons (Fsp3) is 0.0833. The summed E-state index contributed by atoms with van der Waals surface area (Å²) >= 11 is 2.67. The molecule has 102 valence electrons. The van der Waals surface area contributed by atoms with Crippen LogP contribution in [0.1, 0.15) is 5.69 Å². The van der Waals surface area contributed by atoms with E-state index in [1.807, 2.05) is 0 Å². The lowest BCUT2D eigenvalue weighted by Gasteiger charge is -2.03. The van der Waals surface area contributed by atoms with Crippen molar-refractivity contribution in [1.82, 2.24) is 14.6 Å². The standard InChI is InChI=1S/C12H9FN4OS2/c13-7-1-8(14)3-10(2-7)19-5-9-4-11(18)17-12(16-9)20-6-15-17/h1-4,6H,5,14H2. The average molecular weight is 308 g/mol. The van der Waals surface area contributed by atoms with E-state index in [1.165, 1.54) is 45.8 Å². The number of hydrogen-bond acceptors (Lipinski definition) is 6. The molecule has 0 aliphatic rings. The summed E-state index contributed by atoms with van der Waals surface area (Å²) < 4.78 is 14.5. The summed E-state index contributed by atoms with van der Waals surface area (Å²) in [6.07, 6.45) is 0. The van der Waals surface area contributed by atoms with Gasteiger partial charge in [-0.1, -0.05) is 11.3 Å². The summed E-state index contributed by atoms with van der Waals surface area (Å²) in [6.45, 7) is 0. The molecule has 1 aromatic carbocycles. The normalized spacial score (nSPS) is 11.1. The van der Waals surface area contributed by atoms with E-state index in [-0.39, 0.29) is 11.4 Å². The molecule has 0 radical (unpaired) electrons. The van der Waals surface area contributed by atoms with Crippen molar-refractivity contribution >= 4 is 33.7 Å². The van der Waals surface area contributed by atoms with Crippen molar-refractivity contribution in [2.45, 2.75) is 10.6 Å². The third-order valence-corrected chi connectivity index (χ3v) is 4.20. The SMILES string of the molecule is Nc1cc(F)cc(SCc2cc(=O)n3ncsc3n2)c1. The molecule has 0 aliphatic carbocycles. The highest BCUT2D eigenvalue weighted by Crippen LogP contribution is 2.25. The Labute approximate surface area is 121 Å². The van der Waals surface area contributed by atoms with Crippen molar-refractivity contribution in [3.63, 3.8) is 0 Å². The summed E-state index contributed by atoms with van der Waals surface area (Å²) in [6, 6.07) is 5.78. The van der Waals surface area contributed by atoms with Gasteiger partial charge in [-0.05, 0) is 18.2 Å². The molecule has 5 nitrogen and oxygen atoms in total. The van der Waals surface area contributed by atoms with Crippen LogP contribution < -0.4 is 11.3 Å². The Hall–Kier alpha value is -1.93. The minimum Gasteiger partial charge on any atom is -0.399 e. The maximum absolute atomic E-state index is 13.2. The fourth-order valence-corrected chi connectivity index (χ4v) is 3.22. The zero-order valence-corrected chi connectivity index (χ0v) is 11.7. The number of thioether (sulfide) groups is 1. The van der Waals surface area contributed by atoms with Gasteiger partial charge in [-0.25, -0.2) is 9.37 Å². The molecule has 0 saturated heterocycles. The van der Waals surface area contributed by atoms with Crippen LogP contribution in [0.4, 0.5) is 10.1 Å². The van der Waals surface area contributed by atoms with Gasteiger partial charge in [0.2, 0.25) is 4.96 Å². The lowest BCUT2D eigenvalue weighted by Crippen LogP contribution is -2.14. The van der Waals surface area contributed by atoms with E-state index in [0.717, 1.165) is 0 Å². The van der Waals surface area contributed by atoms with Crippen molar-refractivity contribution in [3.8, 4) is 0 Å². The van der Waals surface area contributed by atoms with E-state index in [4.69, 9.17) is 5.73 Å². The minimum absolute atomic E-state index is 0.217. The van der Waals surface area contributed by atoms with Crippen LogP contribution in [0.25, 0.3) is 4.96 Å². The third-order valence-electron chi connectivity index (χ3n) is 2.52. The van der Waals surface area contributed by atoms with Crippen molar-refractivity contribution in [3.05, 3.63) is 51.6 Å². The quantitative estimate of drug-likeness (QED) is 0.593. The largest absolute Gasteiger partial charge is 0.399 e. The predicted octanol–water partition coefficient (Wildman–Crippen LogP) is 2.16. The van der Waals surface area contributed by atoms with Gasteiger partial charge in [-0.3, -0.25) is 4.79 Å². The molecule has 3 aromatic rings. The smallest absolute Gasteiger partial charge is 0.275 e. The van der Waals surface area contributed by atoms with Crippen LogP contribution in [0.15, 0.2) is 39.5 Å². The molecule has 2 aromatic heterocycles.